The number of hydrogen-bond donors (Lipinski definition) is 0. The second kappa shape index (κ2) is 2.07. The van der Waals surface area contributed by atoms with Gasteiger partial charge in [-0.05, 0) is 12.6 Å². The fraction of sp³-hybridized carbons (Fsp3) is 0.667. The summed E-state index contributed by atoms with van der Waals surface area (Å²) >= 11 is 0. The second-order valence-corrected chi connectivity index (χ2v) is 2.13. The van der Waals surface area contributed by atoms with Gasteiger partial charge in [-0.15, -0.1) is 0 Å². The van der Waals surface area contributed by atoms with Gasteiger partial charge in [0.05, 0.1) is 6.54 Å². The molecule has 0 aromatic rings. The lowest BCUT2D eigenvalue weighted by molar-refractivity contribution is -0.121. The zero-order valence-electron chi connectivity index (χ0n) is 4.92. The van der Waals surface area contributed by atoms with Gasteiger partial charge in [-0.1, -0.05) is 6.92 Å². The van der Waals surface area contributed by atoms with E-state index in [9.17, 15) is 4.79 Å². The predicted molar refractivity (Wildman–Crippen MR) is 32.1 cm³/mol. The number of carbonyl (C=O) groups excluding carboxylic acids is 1. The molecule has 0 amide bonds. The summed E-state index contributed by atoms with van der Waals surface area (Å²) in [6, 6.07) is 0. The molecule has 0 saturated heterocycles. The molecule has 1 atom stereocenters. The van der Waals surface area contributed by atoms with Crippen molar-refractivity contribution in [1.29, 1.82) is 0 Å². The molecule has 0 aliphatic carbocycles. The van der Waals surface area contributed by atoms with Gasteiger partial charge in [-0.3, -0.25) is 9.79 Å². The normalized spacial score (nSPS) is 28.6. The van der Waals surface area contributed by atoms with Crippen molar-refractivity contribution in [3.63, 3.8) is 0 Å². The van der Waals surface area contributed by atoms with Crippen LogP contribution in [0.4, 0.5) is 0 Å². The molecule has 0 N–H and O–H groups in total. The Balaban J connectivity index is 2.57. The minimum atomic E-state index is 0.215. The number of Topliss-reactive ketones (excluding diaryl/α,β-unsaturated/α-hetero) is 1. The highest BCUT2D eigenvalue weighted by Crippen LogP contribution is 2.05. The van der Waals surface area contributed by atoms with E-state index in [0.29, 0.717) is 6.54 Å². The van der Waals surface area contributed by atoms with Crippen LogP contribution in [0, 0.1) is 5.92 Å². The maximum absolute atomic E-state index is 10.7. The predicted octanol–water partition coefficient (Wildman–Crippen LogP) is 0.666. The van der Waals surface area contributed by atoms with E-state index in [0.717, 1.165) is 6.42 Å². The molecule has 1 aliphatic rings. The maximum atomic E-state index is 10.7. The number of ketones is 1. The van der Waals surface area contributed by atoms with E-state index in [-0.39, 0.29) is 11.7 Å². The third-order valence-corrected chi connectivity index (χ3v) is 1.38. The SMILES string of the molecule is CC1CC=NCC1=O. The van der Waals surface area contributed by atoms with Crippen LogP contribution >= 0.6 is 0 Å². The van der Waals surface area contributed by atoms with Gasteiger partial charge >= 0.3 is 0 Å². The molecule has 1 rings (SSSR count). The van der Waals surface area contributed by atoms with E-state index < -0.39 is 0 Å². The monoisotopic (exact) mass is 111 g/mol. The number of hydrogen-bond acceptors (Lipinski definition) is 2. The van der Waals surface area contributed by atoms with Crippen molar-refractivity contribution in [2.75, 3.05) is 6.54 Å². The molecule has 1 aliphatic heterocycles. The average molecular weight is 111 g/mol. The Labute approximate surface area is 48.6 Å². The van der Waals surface area contributed by atoms with Crippen molar-refractivity contribution in [2.24, 2.45) is 10.9 Å². The first-order chi connectivity index (χ1) is 3.80. The van der Waals surface area contributed by atoms with Gasteiger partial charge in [0.15, 0.2) is 5.78 Å². The first-order valence-corrected chi connectivity index (χ1v) is 2.81. The van der Waals surface area contributed by atoms with Gasteiger partial charge in [0, 0.05) is 5.92 Å². The van der Waals surface area contributed by atoms with E-state index in [4.69, 9.17) is 0 Å². The van der Waals surface area contributed by atoms with E-state index in [1.54, 1.807) is 0 Å². The van der Waals surface area contributed by atoms with E-state index >= 15 is 0 Å². The summed E-state index contributed by atoms with van der Waals surface area (Å²) in [6.45, 7) is 2.34. The van der Waals surface area contributed by atoms with Gasteiger partial charge in [0.25, 0.3) is 0 Å². The second-order valence-electron chi connectivity index (χ2n) is 2.13. The molecule has 8 heavy (non-hydrogen) atoms. The standard InChI is InChI=1S/C6H9NO/c1-5-2-3-7-4-6(5)8/h3,5H,2,4H2,1H3. The lowest BCUT2D eigenvalue weighted by Crippen LogP contribution is -2.18. The number of aliphatic imine (C=N–C) groups is 1. The van der Waals surface area contributed by atoms with E-state index in [1.165, 1.54) is 0 Å². The number of nitrogens with zero attached hydrogens (tertiary/aromatic N) is 1. The molecule has 0 aromatic heterocycles. The fourth-order valence-corrected chi connectivity index (χ4v) is 0.674. The van der Waals surface area contributed by atoms with Crippen LogP contribution in [0.5, 0.6) is 0 Å². The summed E-state index contributed by atoms with van der Waals surface area (Å²) in [5.74, 6) is 0.486. The largest absolute Gasteiger partial charge is 0.297 e. The first kappa shape index (κ1) is 5.48. The zero-order valence-corrected chi connectivity index (χ0v) is 4.92. The highest BCUT2D eigenvalue weighted by molar-refractivity contribution is 5.88. The highest BCUT2D eigenvalue weighted by atomic mass is 16.1. The Morgan fingerprint density at radius 2 is 2.62 bits per heavy atom. The molecule has 2 heteroatoms. The van der Waals surface area contributed by atoms with Crippen molar-refractivity contribution < 1.29 is 4.79 Å². The molecule has 1 unspecified atom stereocenters. The quantitative estimate of drug-likeness (QED) is 0.451. The van der Waals surface area contributed by atoms with Crippen molar-refractivity contribution in [1.82, 2.24) is 0 Å². The van der Waals surface area contributed by atoms with Crippen molar-refractivity contribution in [3.8, 4) is 0 Å². The summed E-state index contributed by atoms with van der Waals surface area (Å²) in [5, 5.41) is 0. The van der Waals surface area contributed by atoms with Crippen LogP contribution in [0.3, 0.4) is 0 Å². The van der Waals surface area contributed by atoms with Gasteiger partial charge in [-0.2, -0.15) is 0 Å². The van der Waals surface area contributed by atoms with Gasteiger partial charge in [0.2, 0.25) is 0 Å². The van der Waals surface area contributed by atoms with Crippen molar-refractivity contribution in [2.45, 2.75) is 13.3 Å². The molecule has 1 heterocycles. The van der Waals surface area contributed by atoms with Crippen LogP contribution in [-0.2, 0) is 4.79 Å². The molecule has 0 aromatic carbocycles. The van der Waals surface area contributed by atoms with Gasteiger partial charge < -0.3 is 0 Å². The lowest BCUT2D eigenvalue weighted by atomic mass is 10.0. The average Bonchev–Trinajstić information content (AvgIpc) is 1.77. The minimum absolute atomic E-state index is 0.215. The number of rotatable bonds is 0. The first-order valence-electron chi connectivity index (χ1n) is 2.81. The fourth-order valence-electron chi connectivity index (χ4n) is 0.674. The van der Waals surface area contributed by atoms with Crippen LogP contribution in [0.1, 0.15) is 13.3 Å². The summed E-state index contributed by atoms with van der Waals surface area (Å²) in [4.78, 5) is 14.5. The highest BCUT2D eigenvalue weighted by Gasteiger charge is 2.13. The van der Waals surface area contributed by atoms with Crippen molar-refractivity contribution in [3.05, 3.63) is 0 Å². The summed E-state index contributed by atoms with van der Waals surface area (Å²) in [5.41, 5.74) is 0. The third-order valence-electron chi connectivity index (χ3n) is 1.38. The van der Waals surface area contributed by atoms with Crippen LogP contribution in [-0.4, -0.2) is 18.5 Å². The minimum Gasteiger partial charge on any atom is -0.297 e. The summed E-state index contributed by atoms with van der Waals surface area (Å²) in [6.07, 6.45) is 2.66. The van der Waals surface area contributed by atoms with Crippen LogP contribution in [0.2, 0.25) is 0 Å². The van der Waals surface area contributed by atoms with Crippen LogP contribution in [0.15, 0.2) is 4.99 Å². The number of carbonyl (C=O) groups is 1. The summed E-state index contributed by atoms with van der Waals surface area (Å²) in [7, 11) is 0. The molecule has 0 radical (unpaired) electrons. The molecule has 0 saturated carbocycles. The zero-order chi connectivity index (χ0) is 5.98. The molecular formula is C6H9NO. The smallest absolute Gasteiger partial charge is 0.157 e. The van der Waals surface area contributed by atoms with Gasteiger partial charge in [0.1, 0.15) is 0 Å². The molecule has 0 bridgehead atoms. The Kier molecular flexibility index (Phi) is 1.42. The Morgan fingerprint density at radius 3 is 3.00 bits per heavy atom. The Morgan fingerprint density at radius 1 is 1.88 bits per heavy atom. The molecular weight excluding hydrogens is 102 g/mol. The lowest BCUT2D eigenvalue weighted by Gasteiger charge is -2.08. The Bertz CT molecular complexity index is 128. The topological polar surface area (TPSA) is 29.4 Å². The maximum Gasteiger partial charge on any atom is 0.157 e. The van der Waals surface area contributed by atoms with Gasteiger partial charge in [-0.25, -0.2) is 0 Å². The Hall–Kier alpha value is -0.660. The third kappa shape index (κ3) is 0.941. The van der Waals surface area contributed by atoms with E-state index in [2.05, 4.69) is 4.99 Å². The molecule has 44 valence electrons. The molecule has 0 fully saturated rings. The molecule has 0 spiro atoms. The van der Waals surface area contributed by atoms with Crippen LogP contribution < -0.4 is 0 Å². The summed E-state index contributed by atoms with van der Waals surface area (Å²) < 4.78 is 0. The van der Waals surface area contributed by atoms with Crippen molar-refractivity contribution >= 4 is 12.0 Å². The molecule has 2 nitrogen and oxygen atoms in total. The van der Waals surface area contributed by atoms with Crippen LogP contribution in [0.25, 0.3) is 0 Å². The van der Waals surface area contributed by atoms with E-state index in [1.807, 2.05) is 13.1 Å².